The van der Waals surface area contributed by atoms with Gasteiger partial charge in [0.25, 0.3) is 0 Å². The van der Waals surface area contributed by atoms with E-state index in [0.717, 1.165) is 6.42 Å². The first-order valence-electron chi connectivity index (χ1n) is 7.61. The minimum absolute atomic E-state index is 0.310. The fraction of sp³-hybridized carbons (Fsp3) is 0.100. The highest BCUT2D eigenvalue weighted by Gasteiger charge is 2.19. The molecule has 0 amide bonds. The van der Waals surface area contributed by atoms with Crippen molar-refractivity contribution in [1.82, 2.24) is 9.97 Å². The van der Waals surface area contributed by atoms with E-state index in [1.807, 2.05) is 6.08 Å². The van der Waals surface area contributed by atoms with Crippen LogP contribution in [-0.2, 0) is 0 Å². The lowest BCUT2D eigenvalue weighted by atomic mass is 9.88. The number of fused-ring (bicyclic) bond motifs is 2. The number of aromatic nitrogens is 2. The summed E-state index contributed by atoms with van der Waals surface area (Å²) in [6, 6.07) is 16.9. The monoisotopic (exact) mass is 286 g/mol. The molecule has 0 spiro atoms. The molecular weight excluding hydrogens is 268 g/mol. The number of H-pyrrole nitrogens is 2. The maximum Gasteiger partial charge on any atom is 0.0457 e. The average molecular weight is 286 g/mol. The van der Waals surface area contributed by atoms with E-state index in [9.17, 15) is 0 Å². The molecule has 2 N–H and O–H groups in total. The Kier molecular flexibility index (Phi) is 3.08. The van der Waals surface area contributed by atoms with E-state index in [-0.39, 0.29) is 0 Å². The zero-order chi connectivity index (χ0) is 14.9. The number of allylic oxidation sites excluding steroid dienone is 1. The zero-order valence-corrected chi connectivity index (χ0v) is 12.3. The maximum atomic E-state index is 3.96. The first-order chi connectivity index (χ1) is 10.9. The van der Waals surface area contributed by atoms with Gasteiger partial charge >= 0.3 is 0 Å². The predicted molar refractivity (Wildman–Crippen MR) is 93.3 cm³/mol. The van der Waals surface area contributed by atoms with Crippen LogP contribution in [0.3, 0.4) is 0 Å². The molecule has 2 nitrogen and oxygen atoms in total. The second-order valence-corrected chi connectivity index (χ2v) is 5.66. The number of nitrogens with one attached hydrogen (secondary N) is 2. The summed E-state index contributed by atoms with van der Waals surface area (Å²) in [5.74, 6) is 0.310. The molecule has 0 saturated heterocycles. The standard InChI is InChI=1S/C20H18N2/c1-2-7-14(17-12-21-19-10-5-3-8-15(17)19)18-13-22-20-11-6-4-9-16(18)20/h2-6,8-14,21-22H,1,7H2. The normalized spacial score (nSPS) is 11.5. The molecule has 0 atom stereocenters. The predicted octanol–water partition coefficient (Wildman–Crippen LogP) is 5.36. The van der Waals surface area contributed by atoms with Crippen LogP contribution < -0.4 is 0 Å². The Morgan fingerprint density at radius 1 is 0.818 bits per heavy atom. The van der Waals surface area contributed by atoms with Crippen LogP contribution in [0.5, 0.6) is 0 Å². The molecule has 2 aromatic carbocycles. The highest BCUT2D eigenvalue weighted by Crippen LogP contribution is 2.36. The number of benzene rings is 2. The minimum atomic E-state index is 0.310. The van der Waals surface area contributed by atoms with Crippen molar-refractivity contribution in [3.63, 3.8) is 0 Å². The van der Waals surface area contributed by atoms with Crippen molar-refractivity contribution >= 4 is 21.8 Å². The van der Waals surface area contributed by atoms with E-state index >= 15 is 0 Å². The number of rotatable bonds is 4. The Morgan fingerprint density at radius 2 is 1.32 bits per heavy atom. The van der Waals surface area contributed by atoms with E-state index in [2.05, 4.69) is 77.5 Å². The van der Waals surface area contributed by atoms with Gasteiger partial charge in [-0.05, 0) is 29.7 Å². The second kappa shape index (κ2) is 5.23. The fourth-order valence-corrected chi connectivity index (χ4v) is 3.35. The number of para-hydroxylation sites is 2. The van der Waals surface area contributed by atoms with Crippen LogP contribution in [0.4, 0.5) is 0 Å². The second-order valence-electron chi connectivity index (χ2n) is 5.66. The molecule has 2 heteroatoms. The number of hydrogen-bond donors (Lipinski definition) is 2. The molecule has 2 aromatic heterocycles. The largest absolute Gasteiger partial charge is 0.361 e. The molecule has 4 aromatic rings. The van der Waals surface area contributed by atoms with Gasteiger partial charge < -0.3 is 9.97 Å². The summed E-state index contributed by atoms with van der Waals surface area (Å²) in [5, 5.41) is 2.58. The summed E-state index contributed by atoms with van der Waals surface area (Å²) in [6.07, 6.45) is 7.21. The first-order valence-corrected chi connectivity index (χ1v) is 7.61. The lowest BCUT2D eigenvalue weighted by Crippen LogP contribution is -1.98. The Bertz CT molecular complexity index is 868. The van der Waals surface area contributed by atoms with Crippen molar-refractivity contribution in [2.24, 2.45) is 0 Å². The van der Waals surface area contributed by atoms with Gasteiger partial charge in [0.1, 0.15) is 0 Å². The van der Waals surface area contributed by atoms with Crippen LogP contribution in [0.15, 0.2) is 73.6 Å². The molecule has 0 saturated carbocycles. The Labute approximate surface area is 129 Å². The number of hydrogen-bond acceptors (Lipinski definition) is 0. The quantitative estimate of drug-likeness (QED) is 0.473. The first kappa shape index (κ1) is 13.0. The molecular formula is C20H18N2. The van der Waals surface area contributed by atoms with Crippen LogP contribution in [0.2, 0.25) is 0 Å². The third-order valence-electron chi connectivity index (χ3n) is 4.40. The number of aromatic amines is 2. The Morgan fingerprint density at radius 3 is 1.82 bits per heavy atom. The molecule has 0 bridgehead atoms. The van der Waals surface area contributed by atoms with Gasteiger partial charge in [0.2, 0.25) is 0 Å². The Balaban J connectivity index is 1.92. The van der Waals surface area contributed by atoms with Crippen LogP contribution >= 0.6 is 0 Å². The van der Waals surface area contributed by atoms with Crippen molar-refractivity contribution < 1.29 is 0 Å². The summed E-state index contributed by atoms with van der Waals surface area (Å²) >= 11 is 0. The third kappa shape index (κ3) is 1.96. The van der Waals surface area contributed by atoms with E-state index < -0.39 is 0 Å². The van der Waals surface area contributed by atoms with Gasteiger partial charge in [-0.25, -0.2) is 0 Å². The fourth-order valence-electron chi connectivity index (χ4n) is 3.35. The van der Waals surface area contributed by atoms with Crippen molar-refractivity contribution in [1.29, 1.82) is 0 Å². The summed E-state index contributed by atoms with van der Waals surface area (Å²) in [5.41, 5.74) is 5.04. The van der Waals surface area contributed by atoms with Crippen LogP contribution in [-0.4, -0.2) is 9.97 Å². The van der Waals surface area contributed by atoms with E-state index in [1.165, 1.54) is 32.9 Å². The smallest absolute Gasteiger partial charge is 0.0457 e. The van der Waals surface area contributed by atoms with Crippen molar-refractivity contribution in [3.8, 4) is 0 Å². The lowest BCUT2D eigenvalue weighted by Gasteiger charge is -2.14. The molecule has 0 fully saturated rings. The van der Waals surface area contributed by atoms with Gasteiger partial charge in [-0.3, -0.25) is 0 Å². The van der Waals surface area contributed by atoms with Gasteiger partial charge in [0.15, 0.2) is 0 Å². The van der Waals surface area contributed by atoms with Gasteiger partial charge in [0, 0.05) is 40.1 Å². The van der Waals surface area contributed by atoms with Crippen molar-refractivity contribution in [3.05, 3.63) is 84.7 Å². The van der Waals surface area contributed by atoms with E-state index in [0.29, 0.717) is 5.92 Å². The molecule has 0 aliphatic heterocycles. The summed E-state index contributed by atoms with van der Waals surface area (Å²) < 4.78 is 0. The van der Waals surface area contributed by atoms with Crippen LogP contribution in [0, 0.1) is 0 Å². The highest BCUT2D eigenvalue weighted by atomic mass is 14.7. The lowest BCUT2D eigenvalue weighted by molar-refractivity contribution is 0.845. The molecule has 0 aliphatic carbocycles. The molecule has 0 radical (unpaired) electrons. The van der Waals surface area contributed by atoms with Crippen molar-refractivity contribution in [2.75, 3.05) is 0 Å². The SMILES string of the molecule is C=CCC(c1c[nH]c2ccccc12)c1c[nH]c2ccccc12. The summed E-state index contributed by atoms with van der Waals surface area (Å²) in [4.78, 5) is 6.79. The summed E-state index contributed by atoms with van der Waals surface area (Å²) in [7, 11) is 0. The van der Waals surface area contributed by atoms with Crippen LogP contribution in [0.25, 0.3) is 21.8 Å². The molecule has 108 valence electrons. The molecule has 2 heterocycles. The molecule has 22 heavy (non-hydrogen) atoms. The van der Waals surface area contributed by atoms with Gasteiger partial charge in [-0.15, -0.1) is 6.58 Å². The van der Waals surface area contributed by atoms with E-state index in [1.54, 1.807) is 0 Å². The zero-order valence-electron chi connectivity index (χ0n) is 12.3. The Hall–Kier alpha value is -2.74. The van der Waals surface area contributed by atoms with Crippen molar-refractivity contribution in [2.45, 2.75) is 12.3 Å². The topological polar surface area (TPSA) is 31.6 Å². The van der Waals surface area contributed by atoms with Gasteiger partial charge in [-0.1, -0.05) is 42.5 Å². The van der Waals surface area contributed by atoms with E-state index in [4.69, 9.17) is 0 Å². The molecule has 4 rings (SSSR count). The average Bonchev–Trinajstić information content (AvgIpc) is 3.17. The molecule has 0 aliphatic rings. The minimum Gasteiger partial charge on any atom is -0.361 e. The highest BCUT2D eigenvalue weighted by molar-refractivity contribution is 5.88. The van der Waals surface area contributed by atoms with Gasteiger partial charge in [0.05, 0.1) is 0 Å². The van der Waals surface area contributed by atoms with Crippen LogP contribution in [0.1, 0.15) is 23.5 Å². The van der Waals surface area contributed by atoms with Gasteiger partial charge in [-0.2, -0.15) is 0 Å². The third-order valence-corrected chi connectivity index (χ3v) is 4.40. The maximum absolute atomic E-state index is 3.96. The molecule has 0 unspecified atom stereocenters. The summed E-state index contributed by atoms with van der Waals surface area (Å²) in [6.45, 7) is 3.96.